The van der Waals surface area contributed by atoms with Gasteiger partial charge in [0.05, 0.1) is 0 Å². The smallest absolute Gasteiger partial charge is 0.123 e. The minimum absolute atomic E-state index is 0.124. The second-order valence-corrected chi connectivity index (χ2v) is 5.31. The Bertz CT molecular complexity index is 374. The molecular formula is C14H21FN2. The van der Waals surface area contributed by atoms with Crippen LogP contribution in [-0.2, 0) is 0 Å². The van der Waals surface area contributed by atoms with Gasteiger partial charge in [-0.3, -0.25) is 0 Å². The molecule has 1 aromatic rings. The second-order valence-electron chi connectivity index (χ2n) is 5.31. The van der Waals surface area contributed by atoms with Gasteiger partial charge in [0.15, 0.2) is 0 Å². The lowest BCUT2D eigenvalue weighted by Gasteiger charge is -2.35. The van der Waals surface area contributed by atoms with E-state index >= 15 is 0 Å². The molecule has 0 heterocycles. The van der Waals surface area contributed by atoms with Gasteiger partial charge in [0, 0.05) is 12.1 Å². The molecule has 0 aromatic heterocycles. The Balaban J connectivity index is 2.14. The molecule has 94 valence electrons. The van der Waals surface area contributed by atoms with Crippen LogP contribution in [0.25, 0.3) is 0 Å². The first-order valence-electron chi connectivity index (χ1n) is 6.20. The Hall–Kier alpha value is -0.930. The minimum Gasteiger partial charge on any atom is -0.329 e. The van der Waals surface area contributed by atoms with Crippen molar-refractivity contribution in [3.8, 4) is 0 Å². The number of benzene rings is 1. The molecule has 1 fully saturated rings. The van der Waals surface area contributed by atoms with E-state index in [1.54, 1.807) is 12.1 Å². The Morgan fingerprint density at radius 2 is 2.00 bits per heavy atom. The van der Waals surface area contributed by atoms with Gasteiger partial charge in [-0.15, -0.1) is 0 Å². The summed E-state index contributed by atoms with van der Waals surface area (Å²) < 4.78 is 12.9. The molecule has 3 heteroatoms. The number of rotatable bonds is 3. The molecule has 1 aromatic carbocycles. The molecule has 1 saturated carbocycles. The lowest BCUT2D eigenvalue weighted by molar-refractivity contribution is 0.165. The van der Waals surface area contributed by atoms with E-state index in [9.17, 15) is 4.39 Å². The SMILES string of the molecule is CN(C)C1(CN)CCC(c2ccc(F)cc2)C1. The Morgan fingerprint density at radius 3 is 2.47 bits per heavy atom. The molecule has 2 atom stereocenters. The van der Waals surface area contributed by atoms with Gasteiger partial charge in [-0.25, -0.2) is 4.39 Å². The molecule has 0 amide bonds. The van der Waals surface area contributed by atoms with Crippen molar-refractivity contribution in [1.82, 2.24) is 4.90 Å². The number of likely N-dealkylation sites (N-methyl/N-ethyl adjacent to an activating group) is 1. The van der Waals surface area contributed by atoms with Crippen molar-refractivity contribution in [3.05, 3.63) is 35.6 Å². The lowest BCUT2D eigenvalue weighted by Crippen LogP contribution is -2.48. The summed E-state index contributed by atoms with van der Waals surface area (Å²) in [5, 5.41) is 0. The normalized spacial score (nSPS) is 28.9. The quantitative estimate of drug-likeness (QED) is 0.873. The molecule has 2 unspecified atom stereocenters. The highest BCUT2D eigenvalue weighted by Crippen LogP contribution is 2.42. The van der Waals surface area contributed by atoms with Crippen LogP contribution in [0, 0.1) is 5.82 Å². The average molecular weight is 236 g/mol. The van der Waals surface area contributed by atoms with Crippen LogP contribution in [0.1, 0.15) is 30.7 Å². The van der Waals surface area contributed by atoms with Gasteiger partial charge in [-0.1, -0.05) is 12.1 Å². The van der Waals surface area contributed by atoms with Crippen molar-refractivity contribution in [1.29, 1.82) is 0 Å². The molecule has 1 aliphatic carbocycles. The van der Waals surface area contributed by atoms with Gasteiger partial charge in [0.25, 0.3) is 0 Å². The van der Waals surface area contributed by atoms with E-state index < -0.39 is 0 Å². The van der Waals surface area contributed by atoms with E-state index in [1.165, 1.54) is 5.56 Å². The van der Waals surface area contributed by atoms with Gasteiger partial charge in [0.2, 0.25) is 0 Å². The van der Waals surface area contributed by atoms with Crippen LogP contribution in [0.2, 0.25) is 0 Å². The first kappa shape index (κ1) is 12.5. The van der Waals surface area contributed by atoms with E-state index in [4.69, 9.17) is 5.73 Å². The zero-order valence-corrected chi connectivity index (χ0v) is 10.6. The molecule has 0 saturated heterocycles. The van der Waals surface area contributed by atoms with Crippen LogP contribution < -0.4 is 5.73 Å². The van der Waals surface area contributed by atoms with Crippen LogP contribution in [0.15, 0.2) is 24.3 Å². The number of hydrogen-bond acceptors (Lipinski definition) is 2. The van der Waals surface area contributed by atoms with Crippen LogP contribution in [0.3, 0.4) is 0 Å². The van der Waals surface area contributed by atoms with E-state index in [1.807, 2.05) is 12.1 Å². The van der Waals surface area contributed by atoms with Crippen molar-refractivity contribution in [3.63, 3.8) is 0 Å². The van der Waals surface area contributed by atoms with Gasteiger partial charge in [-0.05, 0) is 57.0 Å². The summed E-state index contributed by atoms with van der Waals surface area (Å²) in [6.07, 6.45) is 3.34. The van der Waals surface area contributed by atoms with Crippen molar-refractivity contribution in [2.24, 2.45) is 5.73 Å². The highest BCUT2D eigenvalue weighted by molar-refractivity contribution is 5.23. The number of hydrogen-bond donors (Lipinski definition) is 1. The third-order valence-electron chi connectivity index (χ3n) is 4.25. The monoisotopic (exact) mass is 236 g/mol. The molecule has 0 radical (unpaired) electrons. The predicted molar refractivity (Wildman–Crippen MR) is 68.5 cm³/mol. The largest absolute Gasteiger partial charge is 0.329 e. The van der Waals surface area contributed by atoms with Gasteiger partial charge in [-0.2, -0.15) is 0 Å². The highest BCUT2D eigenvalue weighted by atomic mass is 19.1. The summed E-state index contributed by atoms with van der Waals surface area (Å²) in [6.45, 7) is 0.692. The standard InChI is InChI=1S/C14H21FN2/c1-17(2)14(10-16)8-7-12(9-14)11-3-5-13(15)6-4-11/h3-6,12H,7-10,16H2,1-2H3. The molecule has 1 aliphatic rings. The number of halogens is 1. The summed E-state index contributed by atoms with van der Waals surface area (Å²) in [5.74, 6) is 0.353. The fourth-order valence-electron chi connectivity index (χ4n) is 2.90. The van der Waals surface area contributed by atoms with Crippen LogP contribution in [0.5, 0.6) is 0 Å². The number of nitrogens with zero attached hydrogens (tertiary/aromatic N) is 1. The molecular weight excluding hydrogens is 215 g/mol. The average Bonchev–Trinajstić information content (AvgIpc) is 2.75. The molecule has 2 nitrogen and oxygen atoms in total. The second kappa shape index (κ2) is 4.75. The van der Waals surface area contributed by atoms with E-state index in [0.29, 0.717) is 12.5 Å². The van der Waals surface area contributed by atoms with Gasteiger partial charge < -0.3 is 10.6 Å². The molecule has 17 heavy (non-hydrogen) atoms. The third-order valence-corrected chi connectivity index (χ3v) is 4.25. The summed E-state index contributed by atoms with van der Waals surface area (Å²) in [7, 11) is 4.19. The fourth-order valence-corrected chi connectivity index (χ4v) is 2.90. The van der Waals surface area contributed by atoms with Crippen molar-refractivity contribution >= 4 is 0 Å². The molecule has 0 spiro atoms. The Kier molecular flexibility index (Phi) is 3.50. The molecule has 2 N–H and O–H groups in total. The summed E-state index contributed by atoms with van der Waals surface area (Å²) >= 11 is 0. The molecule has 2 rings (SSSR count). The van der Waals surface area contributed by atoms with E-state index in [2.05, 4.69) is 19.0 Å². The van der Waals surface area contributed by atoms with Crippen molar-refractivity contribution in [2.45, 2.75) is 30.7 Å². The Morgan fingerprint density at radius 1 is 1.35 bits per heavy atom. The summed E-state index contributed by atoms with van der Waals surface area (Å²) in [6, 6.07) is 6.91. The van der Waals surface area contributed by atoms with Crippen molar-refractivity contribution in [2.75, 3.05) is 20.6 Å². The van der Waals surface area contributed by atoms with Crippen LogP contribution in [-0.4, -0.2) is 31.1 Å². The van der Waals surface area contributed by atoms with Crippen LogP contribution in [0.4, 0.5) is 4.39 Å². The maximum absolute atomic E-state index is 12.9. The van der Waals surface area contributed by atoms with Crippen LogP contribution >= 0.6 is 0 Å². The zero-order chi connectivity index (χ0) is 12.5. The third kappa shape index (κ3) is 2.35. The summed E-state index contributed by atoms with van der Waals surface area (Å²) in [4.78, 5) is 2.25. The van der Waals surface area contributed by atoms with Gasteiger partial charge in [0.1, 0.15) is 5.82 Å². The maximum Gasteiger partial charge on any atom is 0.123 e. The topological polar surface area (TPSA) is 29.3 Å². The minimum atomic E-state index is -0.163. The first-order valence-corrected chi connectivity index (χ1v) is 6.20. The summed E-state index contributed by atoms with van der Waals surface area (Å²) in [5.41, 5.74) is 7.30. The zero-order valence-electron chi connectivity index (χ0n) is 10.6. The first-order chi connectivity index (χ1) is 8.07. The fraction of sp³-hybridized carbons (Fsp3) is 0.571. The highest BCUT2D eigenvalue weighted by Gasteiger charge is 2.40. The number of nitrogens with two attached hydrogens (primary N) is 1. The van der Waals surface area contributed by atoms with E-state index in [0.717, 1.165) is 19.3 Å². The van der Waals surface area contributed by atoms with Gasteiger partial charge >= 0.3 is 0 Å². The molecule has 0 aliphatic heterocycles. The molecule has 0 bridgehead atoms. The lowest BCUT2D eigenvalue weighted by atomic mass is 9.91. The maximum atomic E-state index is 12.9. The predicted octanol–water partition coefficient (Wildman–Crippen LogP) is 2.35. The van der Waals surface area contributed by atoms with E-state index in [-0.39, 0.29) is 11.4 Å². The van der Waals surface area contributed by atoms with Crippen molar-refractivity contribution < 1.29 is 4.39 Å². The Labute approximate surface area is 103 Å².